The molecule has 1 N–H and O–H groups in total. The van der Waals surface area contributed by atoms with Gasteiger partial charge in [0.05, 0.1) is 11.4 Å². The lowest BCUT2D eigenvalue weighted by molar-refractivity contribution is -0.147. The first-order chi connectivity index (χ1) is 11.8. The minimum absolute atomic E-state index is 0.0518. The maximum atomic E-state index is 12.1. The lowest BCUT2D eigenvalue weighted by Crippen LogP contribution is -2.21. The minimum atomic E-state index is -0.600. The maximum Gasteiger partial charge on any atom is 0.306 e. The number of thiophene rings is 1. The third-order valence-electron chi connectivity index (χ3n) is 3.26. The molecule has 0 aliphatic carbocycles. The Morgan fingerprint density at radius 1 is 1.24 bits per heavy atom. The number of rotatable bonds is 7. The van der Waals surface area contributed by atoms with Crippen LogP contribution in [0, 0.1) is 13.8 Å². The van der Waals surface area contributed by atoms with Crippen molar-refractivity contribution >= 4 is 46.4 Å². The standard InChI is InChI=1S/C17H17ClN2O4S/c1-10-7-13(11(2)25-10)14(21)4-6-17(23)24-9-16(22)20-15-5-3-12(18)8-19-15/h3,5,7-8H,4,6,9H2,1-2H3,(H,19,20,22). The number of carbonyl (C=O) groups is 3. The smallest absolute Gasteiger partial charge is 0.306 e. The lowest BCUT2D eigenvalue weighted by atomic mass is 10.1. The zero-order chi connectivity index (χ0) is 18.4. The second-order valence-electron chi connectivity index (χ2n) is 5.32. The molecule has 0 unspecified atom stereocenters. The molecule has 0 aliphatic heterocycles. The Bertz CT molecular complexity index is 786. The highest BCUT2D eigenvalue weighted by atomic mass is 35.5. The third kappa shape index (κ3) is 5.95. The molecule has 6 nitrogen and oxygen atoms in total. The van der Waals surface area contributed by atoms with Gasteiger partial charge in [-0.25, -0.2) is 4.98 Å². The van der Waals surface area contributed by atoms with Crippen LogP contribution in [0.5, 0.6) is 0 Å². The van der Waals surface area contributed by atoms with Crippen LogP contribution in [0.25, 0.3) is 0 Å². The van der Waals surface area contributed by atoms with Crippen LogP contribution in [0.1, 0.15) is 33.0 Å². The van der Waals surface area contributed by atoms with Crippen molar-refractivity contribution in [2.75, 3.05) is 11.9 Å². The Hall–Kier alpha value is -2.25. The second-order valence-corrected chi connectivity index (χ2v) is 7.22. The Labute approximate surface area is 154 Å². The van der Waals surface area contributed by atoms with Crippen molar-refractivity contribution in [3.8, 4) is 0 Å². The first-order valence-corrected chi connectivity index (χ1v) is 8.72. The largest absolute Gasteiger partial charge is 0.456 e. The summed E-state index contributed by atoms with van der Waals surface area (Å²) in [5.41, 5.74) is 0.641. The molecular formula is C17H17ClN2O4S. The van der Waals surface area contributed by atoms with Crippen molar-refractivity contribution in [2.24, 2.45) is 0 Å². The van der Waals surface area contributed by atoms with Gasteiger partial charge < -0.3 is 10.1 Å². The minimum Gasteiger partial charge on any atom is -0.456 e. The Balaban J connectivity index is 1.73. The average Bonchev–Trinajstić information content (AvgIpc) is 2.91. The number of nitrogens with one attached hydrogen (secondary N) is 1. The number of anilines is 1. The molecule has 25 heavy (non-hydrogen) atoms. The van der Waals surface area contributed by atoms with E-state index in [9.17, 15) is 14.4 Å². The number of aromatic nitrogens is 1. The van der Waals surface area contributed by atoms with Gasteiger partial charge in [0.25, 0.3) is 5.91 Å². The van der Waals surface area contributed by atoms with E-state index < -0.39 is 18.5 Å². The summed E-state index contributed by atoms with van der Waals surface area (Å²) in [6.07, 6.45) is 1.37. The van der Waals surface area contributed by atoms with E-state index in [2.05, 4.69) is 10.3 Å². The Morgan fingerprint density at radius 3 is 2.60 bits per heavy atom. The number of pyridine rings is 1. The maximum absolute atomic E-state index is 12.1. The predicted octanol–water partition coefficient (Wildman–Crippen LogP) is 3.56. The molecule has 132 valence electrons. The molecule has 0 aromatic carbocycles. The fourth-order valence-electron chi connectivity index (χ4n) is 2.10. The molecule has 8 heteroatoms. The molecule has 2 heterocycles. The molecule has 2 rings (SSSR count). The summed E-state index contributed by atoms with van der Waals surface area (Å²) in [5.74, 6) is -0.909. The van der Waals surface area contributed by atoms with E-state index in [1.807, 2.05) is 19.9 Å². The molecule has 0 aliphatic rings. The number of carbonyl (C=O) groups excluding carboxylic acids is 3. The zero-order valence-corrected chi connectivity index (χ0v) is 15.4. The number of ketones is 1. The van der Waals surface area contributed by atoms with Gasteiger partial charge >= 0.3 is 5.97 Å². The summed E-state index contributed by atoms with van der Waals surface area (Å²) >= 11 is 7.24. The van der Waals surface area contributed by atoms with Gasteiger partial charge in [-0.15, -0.1) is 11.3 Å². The topological polar surface area (TPSA) is 85.4 Å². The van der Waals surface area contributed by atoms with Crippen molar-refractivity contribution in [1.82, 2.24) is 4.98 Å². The summed E-state index contributed by atoms with van der Waals surface area (Å²) in [6, 6.07) is 4.93. The van der Waals surface area contributed by atoms with Gasteiger partial charge in [-0.2, -0.15) is 0 Å². The molecule has 2 aromatic heterocycles. The van der Waals surface area contributed by atoms with Crippen molar-refractivity contribution in [3.63, 3.8) is 0 Å². The van der Waals surface area contributed by atoms with Gasteiger partial charge in [0.1, 0.15) is 5.82 Å². The fraction of sp³-hybridized carbons (Fsp3) is 0.294. The van der Waals surface area contributed by atoms with E-state index in [1.165, 1.54) is 12.3 Å². The van der Waals surface area contributed by atoms with E-state index in [-0.39, 0.29) is 18.6 Å². The predicted molar refractivity (Wildman–Crippen MR) is 96.2 cm³/mol. The molecule has 2 aromatic rings. The van der Waals surface area contributed by atoms with Crippen molar-refractivity contribution in [1.29, 1.82) is 0 Å². The van der Waals surface area contributed by atoms with Crippen LogP contribution < -0.4 is 5.32 Å². The quantitative estimate of drug-likeness (QED) is 0.586. The summed E-state index contributed by atoms with van der Waals surface area (Å²) in [4.78, 5) is 41.3. The summed E-state index contributed by atoms with van der Waals surface area (Å²) in [5, 5.41) is 2.92. The molecule has 0 fully saturated rings. The summed E-state index contributed by atoms with van der Waals surface area (Å²) in [6.45, 7) is 3.36. The molecule has 1 amide bonds. The van der Waals surface area contributed by atoms with E-state index in [0.717, 1.165) is 9.75 Å². The molecule has 0 saturated carbocycles. The highest BCUT2D eigenvalue weighted by Gasteiger charge is 2.15. The molecular weight excluding hydrogens is 364 g/mol. The van der Waals surface area contributed by atoms with E-state index >= 15 is 0 Å². The van der Waals surface area contributed by atoms with Gasteiger partial charge in [0.2, 0.25) is 0 Å². The first kappa shape index (κ1) is 19.1. The van der Waals surface area contributed by atoms with Gasteiger partial charge in [-0.1, -0.05) is 11.6 Å². The Kier molecular flexibility index (Phi) is 6.66. The van der Waals surface area contributed by atoms with E-state index in [1.54, 1.807) is 17.4 Å². The molecule has 0 spiro atoms. The molecule has 0 radical (unpaired) electrons. The van der Waals surface area contributed by atoms with Gasteiger partial charge in [0.15, 0.2) is 12.4 Å². The van der Waals surface area contributed by atoms with Gasteiger partial charge in [-0.3, -0.25) is 14.4 Å². The highest BCUT2D eigenvalue weighted by Crippen LogP contribution is 2.22. The van der Waals surface area contributed by atoms with E-state index in [0.29, 0.717) is 16.4 Å². The normalized spacial score (nSPS) is 10.4. The number of esters is 1. The number of amides is 1. The van der Waals surface area contributed by atoms with Crippen LogP contribution in [0.15, 0.2) is 24.4 Å². The third-order valence-corrected chi connectivity index (χ3v) is 4.45. The first-order valence-electron chi connectivity index (χ1n) is 7.52. The zero-order valence-electron chi connectivity index (χ0n) is 13.8. The molecule has 0 atom stereocenters. The van der Waals surface area contributed by atoms with Crippen molar-refractivity contribution in [2.45, 2.75) is 26.7 Å². The van der Waals surface area contributed by atoms with Gasteiger partial charge in [0, 0.05) is 27.9 Å². The van der Waals surface area contributed by atoms with E-state index in [4.69, 9.17) is 16.3 Å². The summed E-state index contributed by atoms with van der Waals surface area (Å²) in [7, 11) is 0. The molecule has 0 bridgehead atoms. The number of hydrogen-bond acceptors (Lipinski definition) is 6. The van der Waals surface area contributed by atoms with Crippen LogP contribution in [-0.4, -0.2) is 29.3 Å². The summed E-state index contributed by atoms with van der Waals surface area (Å²) < 4.78 is 4.87. The molecule has 0 saturated heterocycles. The van der Waals surface area contributed by atoms with Crippen LogP contribution in [-0.2, 0) is 14.3 Å². The Morgan fingerprint density at radius 2 is 2.00 bits per heavy atom. The van der Waals surface area contributed by atoms with Crippen LogP contribution in [0.2, 0.25) is 5.02 Å². The highest BCUT2D eigenvalue weighted by molar-refractivity contribution is 7.12. The SMILES string of the molecule is Cc1cc(C(=O)CCC(=O)OCC(=O)Nc2ccc(Cl)cn2)c(C)s1. The lowest BCUT2D eigenvalue weighted by Gasteiger charge is -2.06. The van der Waals surface area contributed by atoms with Crippen LogP contribution >= 0.6 is 22.9 Å². The van der Waals surface area contributed by atoms with Crippen LogP contribution in [0.4, 0.5) is 5.82 Å². The van der Waals surface area contributed by atoms with Gasteiger partial charge in [-0.05, 0) is 32.0 Å². The number of halogens is 1. The van der Waals surface area contributed by atoms with Crippen molar-refractivity contribution < 1.29 is 19.1 Å². The second kappa shape index (κ2) is 8.73. The number of nitrogens with zero attached hydrogens (tertiary/aromatic N) is 1. The number of Topliss-reactive ketones (excluding diaryl/α,β-unsaturated/α-hetero) is 1. The number of ether oxygens (including phenoxy) is 1. The average molecular weight is 381 g/mol. The monoisotopic (exact) mass is 380 g/mol. The van der Waals surface area contributed by atoms with Crippen molar-refractivity contribution in [3.05, 3.63) is 44.7 Å². The fourth-order valence-corrected chi connectivity index (χ4v) is 3.16. The number of aryl methyl sites for hydroxylation is 2. The number of hydrogen-bond donors (Lipinski definition) is 1. The van der Waals surface area contributed by atoms with Crippen LogP contribution in [0.3, 0.4) is 0 Å².